The standard InChI is InChI=1S/C19H17F4N3O2S/c1-28-18(20,19(21,22)23)17(27)25-16-14(9-24)13-7-8-26(11-15(13)29-16)10-12-5-3-2-4-6-12/h2-6H,7-8,10-11H2,1H3,(H,25,27)/p+1. The second kappa shape index (κ2) is 8.10. The first-order valence-corrected chi connectivity index (χ1v) is 9.55. The van der Waals surface area contributed by atoms with Gasteiger partial charge in [0, 0.05) is 19.1 Å². The number of rotatable bonds is 5. The Balaban J connectivity index is 1.81. The molecule has 1 aromatic heterocycles. The van der Waals surface area contributed by atoms with Gasteiger partial charge < -0.3 is 15.0 Å². The first-order chi connectivity index (χ1) is 13.7. The van der Waals surface area contributed by atoms with Crippen molar-refractivity contribution >= 4 is 22.2 Å². The SMILES string of the molecule is COC(F)(C(=O)Nc1sc2c(c1C#N)CC[NH+](Cc1ccccc1)C2)C(F)(F)F. The molecule has 0 saturated heterocycles. The summed E-state index contributed by atoms with van der Waals surface area (Å²) < 4.78 is 56.6. The molecule has 0 spiro atoms. The second-order valence-corrected chi connectivity index (χ2v) is 7.77. The smallest absolute Gasteiger partial charge is 0.335 e. The number of anilines is 1. The molecule has 2 atom stereocenters. The lowest BCUT2D eigenvalue weighted by molar-refractivity contribution is -0.929. The fraction of sp³-hybridized carbons (Fsp3) is 0.368. The van der Waals surface area contributed by atoms with Gasteiger partial charge in [-0.05, 0) is 5.56 Å². The number of nitriles is 1. The van der Waals surface area contributed by atoms with Gasteiger partial charge in [-0.15, -0.1) is 11.3 Å². The number of amides is 1. The Morgan fingerprint density at radius 2 is 2.00 bits per heavy atom. The number of hydrogen-bond donors (Lipinski definition) is 2. The van der Waals surface area contributed by atoms with Crippen molar-refractivity contribution in [1.82, 2.24) is 0 Å². The number of methoxy groups -OCH3 is 1. The van der Waals surface area contributed by atoms with Crippen molar-refractivity contribution in [2.45, 2.75) is 31.5 Å². The van der Waals surface area contributed by atoms with E-state index in [1.165, 1.54) is 4.90 Å². The Bertz CT molecular complexity index is 939. The molecule has 0 radical (unpaired) electrons. The highest BCUT2D eigenvalue weighted by atomic mass is 32.1. The molecule has 154 valence electrons. The van der Waals surface area contributed by atoms with E-state index >= 15 is 0 Å². The highest BCUT2D eigenvalue weighted by Crippen LogP contribution is 2.38. The third kappa shape index (κ3) is 4.12. The Hall–Kier alpha value is -2.48. The van der Waals surface area contributed by atoms with Crippen LogP contribution < -0.4 is 10.2 Å². The molecule has 2 N–H and O–H groups in total. The zero-order valence-electron chi connectivity index (χ0n) is 15.4. The summed E-state index contributed by atoms with van der Waals surface area (Å²) >= 11 is 1.00. The van der Waals surface area contributed by atoms with Gasteiger partial charge in [-0.3, -0.25) is 4.79 Å². The van der Waals surface area contributed by atoms with Gasteiger partial charge in [0.2, 0.25) is 0 Å². The molecule has 1 amide bonds. The van der Waals surface area contributed by atoms with Gasteiger partial charge in [-0.1, -0.05) is 30.3 Å². The van der Waals surface area contributed by atoms with E-state index in [1.54, 1.807) is 0 Å². The van der Waals surface area contributed by atoms with Crippen LogP contribution in [-0.4, -0.2) is 31.6 Å². The van der Waals surface area contributed by atoms with Crippen LogP contribution in [0.25, 0.3) is 0 Å². The molecule has 1 aliphatic heterocycles. The molecule has 10 heteroatoms. The number of fused-ring (bicyclic) bond motifs is 1. The minimum atomic E-state index is -5.55. The van der Waals surface area contributed by atoms with E-state index in [4.69, 9.17) is 0 Å². The fourth-order valence-corrected chi connectivity index (χ4v) is 4.56. The summed E-state index contributed by atoms with van der Waals surface area (Å²) in [6.07, 6.45) is -5.01. The average molecular weight is 428 g/mol. The largest absolute Gasteiger partial charge is 0.458 e. The number of quaternary nitrogens is 1. The number of carbonyl (C=O) groups is 1. The summed E-state index contributed by atoms with van der Waals surface area (Å²) in [7, 11) is 0.461. The maximum absolute atomic E-state index is 14.1. The predicted molar refractivity (Wildman–Crippen MR) is 98.0 cm³/mol. The summed E-state index contributed by atoms with van der Waals surface area (Å²) in [6, 6.07) is 11.7. The number of halogens is 4. The van der Waals surface area contributed by atoms with E-state index in [0.29, 0.717) is 25.6 Å². The van der Waals surface area contributed by atoms with Gasteiger partial charge in [0.25, 0.3) is 0 Å². The molecule has 0 fully saturated rings. The molecule has 0 aliphatic carbocycles. The van der Waals surface area contributed by atoms with E-state index in [2.05, 4.69) is 4.74 Å². The number of thiophene rings is 1. The molecule has 2 aromatic rings. The van der Waals surface area contributed by atoms with Crippen LogP contribution in [0, 0.1) is 11.3 Å². The average Bonchev–Trinajstić information content (AvgIpc) is 3.03. The molecule has 1 aromatic carbocycles. The van der Waals surface area contributed by atoms with Crippen LogP contribution in [0.1, 0.15) is 21.6 Å². The van der Waals surface area contributed by atoms with Gasteiger partial charge >= 0.3 is 17.9 Å². The van der Waals surface area contributed by atoms with Crippen molar-refractivity contribution in [1.29, 1.82) is 5.26 Å². The van der Waals surface area contributed by atoms with Crippen LogP contribution in [0.2, 0.25) is 0 Å². The zero-order valence-corrected chi connectivity index (χ0v) is 16.2. The third-order valence-corrected chi connectivity index (χ3v) is 5.95. The molecule has 0 bridgehead atoms. The molecular formula is C19H18F4N3O2S+. The topological polar surface area (TPSA) is 66.6 Å². The normalized spacial score (nSPS) is 18.4. The van der Waals surface area contributed by atoms with Crippen LogP contribution in [0.3, 0.4) is 0 Å². The molecule has 3 rings (SSSR count). The van der Waals surface area contributed by atoms with Crippen LogP contribution >= 0.6 is 11.3 Å². The number of ether oxygens (including phenoxy) is 1. The summed E-state index contributed by atoms with van der Waals surface area (Å²) in [5.41, 5.74) is 1.92. The monoisotopic (exact) mass is 428 g/mol. The molecule has 1 aliphatic rings. The third-order valence-electron chi connectivity index (χ3n) is 4.80. The number of nitrogens with zero attached hydrogens (tertiary/aromatic N) is 1. The van der Waals surface area contributed by atoms with E-state index in [0.717, 1.165) is 34.9 Å². The lowest BCUT2D eigenvalue weighted by atomic mass is 10.0. The minimum Gasteiger partial charge on any atom is -0.335 e. The molecular weight excluding hydrogens is 410 g/mol. The lowest BCUT2D eigenvalue weighted by Gasteiger charge is -2.24. The zero-order chi connectivity index (χ0) is 21.2. The van der Waals surface area contributed by atoms with Crippen molar-refractivity contribution in [2.24, 2.45) is 0 Å². The van der Waals surface area contributed by atoms with Crippen LogP contribution in [0.4, 0.5) is 22.6 Å². The van der Waals surface area contributed by atoms with Gasteiger partial charge in [0.15, 0.2) is 0 Å². The van der Waals surface area contributed by atoms with Crippen molar-refractivity contribution in [2.75, 3.05) is 19.0 Å². The Labute approximate surface area is 168 Å². The van der Waals surface area contributed by atoms with E-state index in [-0.39, 0.29) is 10.6 Å². The second-order valence-electron chi connectivity index (χ2n) is 6.66. The number of benzene rings is 1. The number of hydrogen-bond acceptors (Lipinski definition) is 4. The lowest BCUT2D eigenvalue weighted by Crippen LogP contribution is -3.10. The Kier molecular flexibility index (Phi) is 5.93. The maximum atomic E-state index is 14.1. The quantitative estimate of drug-likeness (QED) is 0.720. The minimum absolute atomic E-state index is 0.0812. The first-order valence-electron chi connectivity index (χ1n) is 8.74. The van der Waals surface area contributed by atoms with E-state index in [1.807, 2.05) is 41.7 Å². The van der Waals surface area contributed by atoms with Gasteiger partial charge in [-0.2, -0.15) is 22.8 Å². The van der Waals surface area contributed by atoms with Crippen LogP contribution in [0.15, 0.2) is 30.3 Å². The number of nitrogens with one attached hydrogen (secondary N) is 2. The number of carbonyl (C=O) groups excluding carboxylic acids is 1. The Morgan fingerprint density at radius 1 is 1.31 bits per heavy atom. The molecule has 29 heavy (non-hydrogen) atoms. The summed E-state index contributed by atoms with van der Waals surface area (Å²) in [6.45, 7) is 2.05. The number of alkyl halides is 4. The fourth-order valence-electron chi connectivity index (χ4n) is 3.30. The van der Waals surface area contributed by atoms with Crippen molar-refractivity contribution < 1.29 is 32.0 Å². The maximum Gasteiger partial charge on any atom is 0.458 e. The van der Waals surface area contributed by atoms with Crippen LogP contribution in [-0.2, 0) is 29.0 Å². The highest BCUT2D eigenvalue weighted by molar-refractivity contribution is 7.16. The van der Waals surface area contributed by atoms with E-state index in [9.17, 15) is 27.6 Å². The van der Waals surface area contributed by atoms with E-state index < -0.39 is 17.9 Å². The van der Waals surface area contributed by atoms with Crippen molar-refractivity contribution in [3.63, 3.8) is 0 Å². The summed E-state index contributed by atoms with van der Waals surface area (Å²) in [4.78, 5) is 14.0. The van der Waals surface area contributed by atoms with Crippen molar-refractivity contribution in [3.05, 3.63) is 51.9 Å². The van der Waals surface area contributed by atoms with Crippen LogP contribution in [0.5, 0.6) is 0 Å². The Morgan fingerprint density at radius 3 is 2.59 bits per heavy atom. The molecule has 5 nitrogen and oxygen atoms in total. The van der Waals surface area contributed by atoms with Gasteiger partial charge in [-0.25, -0.2) is 0 Å². The molecule has 2 unspecified atom stereocenters. The van der Waals surface area contributed by atoms with Gasteiger partial charge in [0.1, 0.15) is 24.2 Å². The highest BCUT2D eigenvalue weighted by Gasteiger charge is 2.63. The predicted octanol–water partition coefficient (Wildman–Crippen LogP) is 2.57. The molecule has 2 heterocycles. The molecule has 0 saturated carbocycles. The summed E-state index contributed by atoms with van der Waals surface area (Å²) in [5, 5.41) is 11.3. The van der Waals surface area contributed by atoms with Crippen molar-refractivity contribution in [3.8, 4) is 6.07 Å². The summed E-state index contributed by atoms with van der Waals surface area (Å²) in [5.74, 6) is -6.49. The first kappa shape index (κ1) is 21.2. The van der Waals surface area contributed by atoms with Gasteiger partial charge in [0.05, 0.1) is 17.0 Å².